The van der Waals surface area contributed by atoms with Crippen LogP contribution >= 0.6 is 0 Å². The van der Waals surface area contributed by atoms with Crippen LogP contribution in [-0.2, 0) is 0 Å². The van der Waals surface area contributed by atoms with Crippen LogP contribution in [0.4, 0.5) is 0 Å². The number of para-hydroxylation sites is 4. The summed E-state index contributed by atoms with van der Waals surface area (Å²) in [6.07, 6.45) is 0. The van der Waals surface area contributed by atoms with Crippen LogP contribution in [0.15, 0.2) is 133 Å². The molecular formula is C66H78Ge2N4+2. The second kappa shape index (κ2) is 21.0. The summed E-state index contributed by atoms with van der Waals surface area (Å²) in [4.78, 5) is 0. The molecule has 0 atom stereocenters. The first-order valence-corrected chi connectivity index (χ1v) is 31.2. The summed E-state index contributed by atoms with van der Waals surface area (Å²) in [6, 6.07) is 51.7. The molecule has 1 aliphatic rings. The zero-order chi connectivity index (χ0) is 51.4. The molecular weight excluding hydrogens is 994 g/mol. The molecule has 0 bridgehead atoms. The molecule has 368 valence electrons. The van der Waals surface area contributed by atoms with Crippen molar-refractivity contribution in [2.24, 2.45) is 0 Å². The SMILES string of the molecule is CC(C)c1cccc(C(C)C)c1-n1[c]2[c]([n+](-c3c(C(C)C)cccc3C(C)C)c1-c1ccccc1)[Ge][c]1[c](n(-c3c(C(C)C)cccc3C(C)C)c(-c3ccccc3)[n+]1-c1c(C(C)C)cccc1C(C)C)[Ge]2. The molecule has 4 nitrogen and oxygen atoms in total. The summed E-state index contributed by atoms with van der Waals surface area (Å²) in [7, 11) is 0. The molecule has 1 aliphatic heterocycles. The van der Waals surface area contributed by atoms with Crippen molar-refractivity contribution in [2.45, 2.75) is 158 Å². The van der Waals surface area contributed by atoms with Gasteiger partial charge in [-0.05, 0) is 0 Å². The van der Waals surface area contributed by atoms with E-state index in [2.05, 4.69) is 263 Å². The van der Waals surface area contributed by atoms with E-state index in [9.17, 15) is 0 Å². The van der Waals surface area contributed by atoms with Gasteiger partial charge in [0.1, 0.15) is 0 Å². The first-order chi connectivity index (χ1) is 34.4. The van der Waals surface area contributed by atoms with Crippen LogP contribution in [0.3, 0.4) is 0 Å². The number of fused-ring (bicyclic) bond motifs is 2. The fourth-order valence-electron chi connectivity index (χ4n) is 11.4. The third-order valence-electron chi connectivity index (χ3n) is 15.0. The number of aromatic nitrogens is 4. The van der Waals surface area contributed by atoms with Gasteiger partial charge in [0, 0.05) is 0 Å². The Labute approximate surface area is 445 Å². The van der Waals surface area contributed by atoms with Gasteiger partial charge in [0.25, 0.3) is 0 Å². The van der Waals surface area contributed by atoms with E-state index in [1.165, 1.54) is 90.0 Å². The number of nitrogens with zero attached hydrogens (tertiary/aromatic N) is 4. The maximum atomic E-state index is 2.87. The molecule has 4 radical (unpaired) electrons. The minimum atomic E-state index is -1.12. The Morgan fingerprint density at radius 3 is 0.792 bits per heavy atom. The molecule has 0 unspecified atom stereocenters. The van der Waals surface area contributed by atoms with Crippen molar-refractivity contribution in [1.82, 2.24) is 9.13 Å². The van der Waals surface area contributed by atoms with E-state index in [1.807, 2.05) is 0 Å². The van der Waals surface area contributed by atoms with Gasteiger partial charge < -0.3 is 0 Å². The van der Waals surface area contributed by atoms with E-state index in [1.54, 1.807) is 18.1 Å². The van der Waals surface area contributed by atoms with E-state index in [0.29, 0.717) is 47.3 Å². The summed E-state index contributed by atoms with van der Waals surface area (Å²) in [5.41, 5.74) is 19.4. The van der Waals surface area contributed by atoms with Crippen molar-refractivity contribution in [3.63, 3.8) is 0 Å². The molecule has 9 rings (SSSR count). The van der Waals surface area contributed by atoms with E-state index >= 15 is 0 Å². The number of benzene rings is 6. The Morgan fingerprint density at radius 1 is 0.292 bits per heavy atom. The van der Waals surface area contributed by atoms with Crippen molar-refractivity contribution in [3.05, 3.63) is 178 Å². The van der Waals surface area contributed by atoms with Gasteiger partial charge in [-0.2, -0.15) is 0 Å². The van der Waals surface area contributed by atoms with Crippen molar-refractivity contribution in [2.75, 3.05) is 0 Å². The van der Waals surface area contributed by atoms with Gasteiger partial charge in [0.2, 0.25) is 0 Å². The van der Waals surface area contributed by atoms with Crippen LogP contribution in [0.25, 0.3) is 45.5 Å². The Kier molecular flexibility index (Phi) is 15.1. The number of imidazole rings is 2. The first-order valence-electron chi connectivity index (χ1n) is 27.0. The third-order valence-corrected chi connectivity index (χ3v) is 23.0. The topological polar surface area (TPSA) is 17.6 Å². The molecule has 6 aromatic carbocycles. The van der Waals surface area contributed by atoms with Crippen molar-refractivity contribution in [3.8, 4) is 45.5 Å². The van der Waals surface area contributed by atoms with Crippen LogP contribution in [0.2, 0.25) is 0 Å². The zero-order valence-corrected chi connectivity index (χ0v) is 50.3. The second-order valence-electron chi connectivity index (χ2n) is 22.7. The molecule has 0 N–H and O–H groups in total. The molecule has 8 aromatic rings. The van der Waals surface area contributed by atoms with Gasteiger partial charge in [-0.3, -0.25) is 0 Å². The molecule has 6 heteroatoms. The number of hydrogen-bond donors (Lipinski definition) is 0. The summed E-state index contributed by atoms with van der Waals surface area (Å²) in [5.74, 6) is 5.16. The van der Waals surface area contributed by atoms with E-state index in [0.717, 1.165) is 0 Å². The van der Waals surface area contributed by atoms with Crippen molar-refractivity contribution in [1.29, 1.82) is 0 Å². The first kappa shape index (κ1) is 51.7. The Hall–Kier alpha value is -5.17. The Bertz CT molecular complexity index is 2760. The Balaban J connectivity index is 1.60. The van der Waals surface area contributed by atoms with Crippen LogP contribution in [0.5, 0.6) is 0 Å². The molecule has 72 heavy (non-hydrogen) atoms. The fourth-order valence-corrected chi connectivity index (χ4v) is 19.7. The van der Waals surface area contributed by atoms with Gasteiger partial charge >= 0.3 is 449 Å². The Morgan fingerprint density at radius 2 is 0.542 bits per heavy atom. The second-order valence-corrected chi connectivity index (χ2v) is 27.8. The summed E-state index contributed by atoms with van der Waals surface area (Å²) < 4.78 is 17.7. The molecule has 0 aliphatic carbocycles. The minimum absolute atomic E-state index is 0.322. The predicted molar refractivity (Wildman–Crippen MR) is 308 cm³/mol. The van der Waals surface area contributed by atoms with Gasteiger partial charge in [-0.1, -0.05) is 0 Å². The van der Waals surface area contributed by atoms with E-state index < -0.39 is 30.9 Å². The van der Waals surface area contributed by atoms with E-state index in [-0.39, 0.29) is 0 Å². The molecule has 0 saturated heterocycles. The number of hydrogen-bond acceptors (Lipinski definition) is 0. The quantitative estimate of drug-likeness (QED) is 0.0763. The zero-order valence-electron chi connectivity index (χ0n) is 46.1. The average molecular weight is 1070 g/mol. The van der Waals surface area contributed by atoms with E-state index in [4.69, 9.17) is 0 Å². The molecule has 2 aromatic heterocycles. The normalized spacial score (nSPS) is 12.8. The average Bonchev–Trinajstić information content (AvgIpc) is 3.86. The molecule has 0 fully saturated rings. The van der Waals surface area contributed by atoms with Gasteiger partial charge in [-0.15, -0.1) is 0 Å². The summed E-state index contributed by atoms with van der Waals surface area (Å²) in [5, 5.41) is 0. The third kappa shape index (κ3) is 9.05. The van der Waals surface area contributed by atoms with Gasteiger partial charge in [0.05, 0.1) is 0 Å². The van der Waals surface area contributed by atoms with Gasteiger partial charge in [0.15, 0.2) is 0 Å². The molecule has 0 saturated carbocycles. The standard InChI is InChI=1S/C66H78Ge2N4/c1-39(2)49-31-23-32-50(40(3)4)57(49)69-61-62(70(65(69)47-27-19-17-20-28-47)58-51(41(5)6)33-24-34-52(58)42(7)8)68-64-63(67-61)71(59-53(43(9)10)35-25-36-54(59)44(11)12)66(48-29-21-18-22-30-48)72(64)60-55(45(13)14)37-26-38-56(60)46(15)16/h17-46H,1-16H3/q+2. The maximum absolute atomic E-state index is 2.87. The number of rotatable bonds is 14. The molecule has 0 spiro atoms. The van der Waals surface area contributed by atoms with Gasteiger partial charge in [-0.25, -0.2) is 0 Å². The fraction of sp³-hybridized carbons (Fsp3) is 0.364. The van der Waals surface area contributed by atoms with Crippen molar-refractivity contribution >= 4 is 49.0 Å². The van der Waals surface area contributed by atoms with Crippen LogP contribution in [0.1, 0.15) is 203 Å². The van der Waals surface area contributed by atoms with Crippen molar-refractivity contribution < 1.29 is 9.13 Å². The summed E-state index contributed by atoms with van der Waals surface area (Å²) in [6.45, 7) is 38.4. The van der Waals surface area contributed by atoms with Crippen LogP contribution in [-0.4, -0.2) is 40.0 Å². The van der Waals surface area contributed by atoms with Crippen LogP contribution < -0.4 is 27.2 Å². The predicted octanol–water partition coefficient (Wildman–Crippen LogP) is 13.8. The molecule has 0 amide bonds. The van der Waals surface area contributed by atoms with Crippen LogP contribution in [0, 0.1) is 0 Å². The monoisotopic (exact) mass is 1070 g/mol. The molecule has 3 heterocycles. The summed E-state index contributed by atoms with van der Waals surface area (Å²) >= 11 is -2.25.